The summed E-state index contributed by atoms with van der Waals surface area (Å²) in [6.07, 6.45) is 5.45. The van der Waals surface area contributed by atoms with E-state index in [1.54, 1.807) is 38.6 Å². The molecule has 2 aromatic heterocycles. The quantitative estimate of drug-likeness (QED) is 0.876. The number of rotatable bonds is 4. The molecular formula is C15H19N5O3. The van der Waals surface area contributed by atoms with Crippen LogP contribution in [0.5, 0.6) is 0 Å². The predicted octanol–water partition coefficient (Wildman–Crippen LogP) is 0.486. The second kappa shape index (κ2) is 5.96. The maximum absolute atomic E-state index is 12.3. The van der Waals surface area contributed by atoms with Crippen molar-refractivity contribution in [2.24, 2.45) is 0 Å². The molecule has 1 saturated heterocycles. The van der Waals surface area contributed by atoms with E-state index in [9.17, 15) is 9.90 Å². The van der Waals surface area contributed by atoms with Gasteiger partial charge in [0, 0.05) is 38.6 Å². The first-order chi connectivity index (χ1) is 11.0. The Balaban J connectivity index is 1.64. The molecule has 122 valence electrons. The van der Waals surface area contributed by atoms with Crippen molar-refractivity contribution in [2.75, 3.05) is 31.6 Å². The number of aromatic nitrogens is 3. The van der Waals surface area contributed by atoms with E-state index in [1.807, 2.05) is 4.90 Å². The standard InChI is InChI=1S/C15H19N5O3/c1-11-7-12(18-23-11)14(21)19(2)9-15(22)3-6-20(10-15)13-8-16-4-5-17-13/h4-5,7-8,22H,3,6,9-10H2,1-2H3/t15-/m0/s1. The zero-order valence-electron chi connectivity index (χ0n) is 13.1. The van der Waals surface area contributed by atoms with Gasteiger partial charge in [0.1, 0.15) is 17.2 Å². The van der Waals surface area contributed by atoms with Crippen LogP contribution in [0.1, 0.15) is 22.7 Å². The smallest absolute Gasteiger partial charge is 0.275 e. The molecule has 0 spiro atoms. The van der Waals surface area contributed by atoms with Crippen LogP contribution in [-0.4, -0.2) is 63.3 Å². The number of amides is 1. The summed E-state index contributed by atoms with van der Waals surface area (Å²) in [5, 5.41) is 14.5. The number of likely N-dealkylation sites (N-methyl/N-ethyl adjacent to an activating group) is 1. The fraction of sp³-hybridized carbons (Fsp3) is 0.467. The van der Waals surface area contributed by atoms with Crippen LogP contribution in [0.15, 0.2) is 29.2 Å². The second-order valence-corrected chi connectivity index (χ2v) is 5.94. The van der Waals surface area contributed by atoms with E-state index in [1.165, 1.54) is 4.90 Å². The van der Waals surface area contributed by atoms with E-state index in [0.717, 1.165) is 5.82 Å². The minimum Gasteiger partial charge on any atom is -0.386 e. The highest BCUT2D eigenvalue weighted by molar-refractivity contribution is 5.92. The Labute approximate surface area is 133 Å². The van der Waals surface area contributed by atoms with Gasteiger partial charge in [-0.05, 0) is 13.3 Å². The van der Waals surface area contributed by atoms with Crippen LogP contribution < -0.4 is 4.90 Å². The molecule has 0 aliphatic carbocycles. The summed E-state index contributed by atoms with van der Waals surface area (Å²) in [5.74, 6) is 1.04. The van der Waals surface area contributed by atoms with Crippen LogP contribution in [0.2, 0.25) is 0 Å². The lowest BCUT2D eigenvalue weighted by Gasteiger charge is -2.28. The Bertz CT molecular complexity index is 689. The average molecular weight is 317 g/mol. The number of aliphatic hydroxyl groups is 1. The number of hydrogen-bond acceptors (Lipinski definition) is 7. The molecular weight excluding hydrogens is 298 g/mol. The van der Waals surface area contributed by atoms with Crippen LogP contribution in [0.3, 0.4) is 0 Å². The van der Waals surface area contributed by atoms with Crippen molar-refractivity contribution in [3.63, 3.8) is 0 Å². The van der Waals surface area contributed by atoms with Crippen molar-refractivity contribution in [2.45, 2.75) is 18.9 Å². The third-order valence-corrected chi connectivity index (χ3v) is 3.93. The monoisotopic (exact) mass is 317 g/mol. The molecule has 1 aliphatic rings. The highest BCUT2D eigenvalue weighted by Gasteiger charge is 2.38. The van der Waals surface area contributed by atoms with Gasteiger partial charge in [-0.3, -0.25) is 9.78 Å². The largest absolute Gasteiger partial charge is 0.386 e. The number of carbonyl (C=O) groups excluding carboxylic acids is 1. The molecule has 0 aromatic carbocycles. The van der Waals surface area contributed by atoms with Gasteiger partial charge in [0.15, 0.2) is 5.69 Å². The van der Waals surface area contributed by atoms with E-state index in [2.05, 4.69) is 15.1 Å². The molecule has 2 aromatic rings. The second-order valence-electron chi connectivity index (χ2n) is 5.94. The first-order valence-corrected chi connectivity index (χ1v) is 7.39. The summed E-state index contributed by atoms with van der Waals surface area (Å²) < 4.78 is 4.92. The van der Waals surface area contributed by atoms with Crippen molar-refractivity contribution in [1.29, 1.82) is 0 Å². The highest BCUT2D eigenvalue weighted by atomic mass is 16.5. The van der Waals surface area contributed by atoms with Gasteiger partial charge in [-0.25, -0.2) is 4.98 Å². The third-order valence-electron chi connectivity index (χ3n) is 3.93. The number of β-amino-alcohol motifs (C(OH)–C–C–N with tert-alkyl or cyclic N) is 1. The summed E-state index contributed by atoms with van der Waals surface area (Å²) in [6, 6.07) is 1.59. The van der Waals surface area contributed by atoms with Crippen LogP contribution >= 0.6 is 0 Å². The van der Waals surface area contributed by atoms with Crippen molar-refractivity contribution in [3.8, 4) is 0 Å². The van der Waals surface area contributed by atoms with Gasteiger partial charge in [0.2, 0.25) is 0 Å². The molecule has 0 bridgehead atoms. The van der Waals surface area contributed by atoms with Gasteiger partial charge < -0.3 is 19.4 Å². The van der Waals surface area contributed by atoms with Crippen LogP contribution in [0.4, 0.5) is 5.82 Å². The fourth-order valence-electron chi connectivity index (χ4n) is 2.81. The fourth-order valence-corrected chi connectivity index (χ4v) is 2.81. The topological polar surface area (TPSA) is 95.6 Å². The number of aryl methyl sites for hydroxylation is 1. The number of nitrogens with zero attached hydrogens (tertiary/aromatic N) is 5. The highest BCUT2D eigenvalue weighted by Crippen LogP contribution is 2.26. The Hall–Kier alpha value is -2.48. The molecule has 1 amide bonds. The Morgan fingerprint density at radius 1 is 1.52 bits per heavy atom. The van der Waals surface area contributed by atoms with Crippen LogP contribution in [0.25, 0.3) is 0 Å². The third kappa shape index (κ3) is 3.31. The van der Waals surface area contributed by atoms with E-state index >= 15 is 0 Å². The summed E-state index contributed by atoms with van der Waals surface area (Å²) in [6.45, 7) is 3.02. The predicted molar refractivity (Wildman–Crippen MR) is 82.0 cm³/mol. The Kier molecular flexibility index (Phi) is 3.99. The Morgan fingerprint density at radius 2 is 2.35 bits per heavy atom. The number of carbonyl (C=O) groups is 1. The maximum Gasteiger partial charge on any atom is 0.275 e. The molecule has 3 rings (SSSR count). The van der Waals surface area contributed by atoms with Crippen molar-refractivity contribution >= 4 is 11.7 Å². The minimum atomic E-state index is -0.985. The Morgan fingerprint density at radius 3 is 3.00 bits per heavy atom. The lowest BCUT2D eigenvalue weighted by molar-refractivity contribution is 0.0260. The molecule has 23 heavy (non-hydrogen) atoms. The van der Waals surface area contributed by atoms with Gasteiger partial charge in [-0.15, -0.1) is 0 Å². The number of anilines is 1. The number of hydrogen-bond donors (Lipinski definition) is 1. The van der Waals surface area contributed by atoms with Gasteiger partial charge in [0.05, 0.1) is 12.7 Å². The molecule has 0 unspecified atom stereocenters. The first kappa shape index (κ1) is 15.4. The summed E-state index contributed by atoms with van der Waals surface area (Å²) in [4.78, 5) is 24.0. The zero-order chi connectivity index (χ0) is 16.4. The average Bonchev–Trinajstić information content (AvgIpc) is 3.14. The van der Waals surface area contributed by atoms with Gasteiger partial charge in [-0.1, -0.05) is 5.16 Å². The molecule has 0 radical (unpaired) electrons. The molecule has 1 aliphatic heterocycles. The lowest BCUT2D eigenvalue weighted by atomic mass is 10.0. The van der Waals surface area contributed by atoms with Gasteiger partial charge in [-0.2, -0.15) is 0 Å². The van der Waals surface area contributed by atoms with Gasteiger partial charge in [0.25, 0.3) is 5.91 Å². The molecule has 0 saturated carbocycles. The van der Waals surface area contributed by atoms with Crippen molar-refractivity contribution < 1.29 is 14.4 Å². The molecule has 8 nitrogen and oxygen atoms in total. The molecule has 8 heteroatoms. The van der Waals surface area contributed by atoms with Crippen molar-refractivity contribution in [3.05, 3.63) is 36.1 Å². The first-order valence-electron chi connectivity index (χ1n) is 7.39. The van der Waals surface area contributed by atoms with E-state index in [0.29, 0.717) is 25.3 Å². The summed E-state index contributed by atoms with van der Waals surface area (Å²) in [7, 11) is 1.65. The van der Waals surface area contributed by atoms with Crippen LogP contribution in [0, 0.1) is 6.92 Å². The molecule has 1 atom stereocenters. The van der Waals surface area contributed by atoms with E-state index < -0.39 is 5.60 Å². The molecule has 1 N–H and O–H groups in total. The molecule has 1 fully saturated rings. The summed E-state index contributed by atoms with van der Waals surface area (Å²) >= 11 is 0. The molecule has 3 heterocycles. The van der Waals surface area contributed by atoms with E-state index in [4.69, 9.17) is 4.52 Å². The normalized spacial score (nSPS) is 20.7. The zero-order valence-corrected chi connectivity index (χ0v) is 13.1. The SMILES string of the molecule is Cc1cc(C(=O)N(C)C[C@@]2(O)CCN(c3cnccn3)C2)no1. The van der Waals surface area contributed by atoms with Gasteiger partial charge >= 0.3 is 0 Å². The lowest BCUT2D eigenvalue weighted by Crippen LogP contribution is -2.46. The van der Waals surface area contributed by atoms with Crippen molar-refractivity contribution in [1.82, 2.24) is 20.0 Å². The minimum absolute atomic E-state index is 0.217. The summed E-state index contributed by atoms with van der Waals surface area (Å²) in [5.41, 5.74) is -0.738. The maximum atomic E-state index is 12.3. The van der Waals surface area contributed by atoms with Crippen LogP contribution in [-0.2, 0) is 0 Å². The van der Waals surface area contributed by atoms with E-state index in [-0.39, 0.29) is 18.1 Å².